The van der Waals surface area contributed by atoms with Gasteiger partial charge in [-0.2, -0.15) is 4.98 Å². The van der Waals surface area contributed by atoms with Crippen LogP contribution in [0.2, 0.25) is 0 Å². The van der Waals surface area contributed by atoms with Gasteiger partial charge in [-0.05, 0) is 26.3 Å². The molecule has 1 atom stereocenters. The summed E-state index contributed by atoms with van der Waals surface area (Å²) in [6.45, 7) is 5.78. The first kappa shape index (κ1) is 19.8. The number of carbonyl (C=O) groups is 1. The zero-order valence-corrected chi connectivity index (χ0v) is 16.9. The number of hydrogen-bond donors (Lipinski definition) is 1. The molecule has 1 amide bonds. The number of carbonyl (C=O) groups excluding carboxylic acids is 1. The van der Waals surface area contributed by atoms with Crippen LogP contribution in [-0.4, -0.2) is 28.1 Å². The van der Waals surface area contributed by atoms with Crippen LogP contribution in [0.5, 0.6) is 11.8 Å². The third-order valence-corrected chi connectivity index (χ3v) is 4.43. The lowest BCUT2D eigenvalue weighted by molar-refractivity contribution is 0.102. The number of amides is 1. The van der Waals surface area contributed by atoms with Crippen LogP contribution < -0.4 is 14.8 Å². The molecule has 0 aliphatic carbocycles. The second kappa shape index (κ2) is 9.32. The van der Waals surface area contributed by atoms with Crippen molar-refractivity contribution in [2.24, 2.45) is 0 Å². The Hall–Kier alpha value is -2.93. The van der Waals surface area contributed by atoms with Crippen LogP contribution >= 0.6 is 11.3 Å². The third kappa shape index (κ3) is 5.79. The summed E-state index contributed by atoms with van der Waals surface area (Å²) in [6.07, 6.45) is 2.19. The summed E-state index contributed by atoms with van der Waals surface area (Å²) >= 11 is 1.36. The first-order valence-electron chi connectivity index (χ1n) is 9.10. The summed E-state index contributed by atoms with van der Waals surface area (Å²) in [4.78, 5) is 21.1. The number of aromatic nitrogens is 2. The molecule has 146 valence electrons. The molecular formula is C21H23N3O3S. The molecule has 6 nitrogen and oxygen atoms in total. The average Bonchev–Trinajstić information content (AvgIpc) is 3.14. The standard InChI is InChI=1S/C21H23N3O3S/c1-14(2)26-18-12-17(20(25)24-21-22-9-10-28-21)13-19(23-18)27-15(3)11-16-7-5-4-6-8-16/h4-10,12-15H,11H2,1-3H3,(H,22,24,25)/t15-/m0/s1. The maximum absolute atomic E-state index is 12.6. The lowest BCUT2D eigenvalue weighted by Gasteiger charge is -2.16. The van der Waals surface area contributed by atoms with E-state index in [1.54, 1.807) is 23.7 Å². The monoisotopic (exact) mass is 397 g/mol. The van der Waals surface area contributed by atoms with E-state index in [1.165, 1.54) is 16.9 Å². The molecule has 28 heavy (non-hydrogen) atoms. The molecule has 0 unspecified atom stereocenters. The quantitative estimate of drug-likeness (QED) is 0.602. The summed E-state index contributed by atoms with van der Waals surface area (Å²) in [6, 6.07) is 13.3. The van der Waals surface area contributed by atoms with Gasteiger partial charge >= 0.3 is 0 Å². The van der Waals surface area contributed by atoms with Crippen molar-refractivity contribution in [3.63, 3.8) is 0 Å². The van der Waals surface area contributed by atoms with Crippen LogP contribution in [0.1, 0.15) is 36.7 Å². The van der Waals surface area contributed by atoms with Gasteiger partial charge in [-0.3, -0.25) is 10.1 Å². The van der Waals surface area contributed by atoms with Gasteiger partial charge in [0.05, 0.1) is 11.7 Å². The average molecular weight is 398 g/mol. The number of benzene rings is 1. The van der Waals surface area contributed by atoms with Crippen molar-refractivity contribution < 1.29 is 14.3 Å². The zero-order valence-electron chi connectivity index (χ0n) is 16.1. The Morgan fingerprint density at radius 2 is 1.82 bits per heavy atom. The van der Waals surface area contributed by atoms with Gasteiger partial charge in [0.25, 0.3) is 5.91 Å². The number of anilines is 1. The van der Waals surface area contributed by atoms with E-state index in [1.807, 2.05) is 39.0 Å². The van der Waals surface area contributed by atoms with Gasteiger partial charge in [-0.1, -0.05) is 30.3 Å². The Morgan fingerprint density at radius 3 is 2.46 bits per heavy atom. The van der Waals surface area contributed by atoms with Gasteiger partial charge in [-0.25, -0.2) is 4.98 Å². The zero-order chi connectivity index (χ0) is 19.9. The molecule has 2 aromatic heterocycles. The second-order valence-corrected chi connectivity index (χ2v) is 7.50. The summed E-state index contributed by atoms with van der Waals surface area (Å²) in [5.41, 5.74) is 1.58. The molecule has 0 radical (unpaired) electrons. The molecule has 0 aliphatic heterocycles. The lowest BCUT2D eigenvalue weighted by Crippen LogP contribution is -2.18. The van der Waals surface area contributed by atoms with Crippen LogP contribution in [0, 0.1) is 0 Å². The molecule has 2 heterocycles. The van der Waals surface area contributed by atoms with Crippen molar-refractivity contribution >= 4 is 22.4 Å². The van der Waals surface area contributed by atoms with E-state index in [0.29, 0.717) is 22.5 Å². The molecule has 7 heteroatoms. The van der Waals surface area contributed by atoms with Crippen LogP contribution in [0.25, 0.3) is 0 Å². The first-order chi connectivity index (χ1) is 13.5. The highest BCUT2D eigenvalue weighted by Crippen LogP contribution is 2.22. The predicted molar refractivity (Wildman–Crippen MR) is 110 cm³/mol. The van der Waals surface area contributed by atoms with E-state index in [0.717, 1.165) is 6.42 Å². The Kier molecular flexibility index (Phi) is 6.60. The number of rotatable bonds is 8. The van der Waals surface area contributed by atoms with Gasteiger partial charge < -0.3 is 9.47 Å². The summed E-state index contributed by atoms with van der Waals surface area (Å²) in [5, 5.41) is 5.10. The highest BCUT2D eigenvalue weighted by Gasteiger charge is 2.15. The van der Waals surface area contributed by atoms with Crippen LogP contribution in [0.15, 0.2) is 54.0 Å². The SMILES string of the molecule is CC(C)Oc1cc(C(=O)Nc2nccs2)cc(O[C@@H](C)Cc2ccccc2)n1. The Morgan fingerprint density at radius 1 is 1.11 bits per heavy atom. The molecule has 0 saturated heterocycles. The van der Waals surface area contributed by atoms with E-state index >= 15 is 0 Å². The molecule has 0 fully saturated rings. The minimum absolute atomic E-state index is 0.0700. The van der Waals surface area contributed by atoms with Gasteiger partial charge in [-0.15, -0.1) is 11.3 Å². The highest BCUT2D eigenvalue weighted by atomic mass is 32.1. The number of ether oxygens (including phenoxy) is 2. The van der Waals surface area contributed by atoms with Crippen LogP contribution in [0.4, 0.5) is 5.13 Å². The number of hydrogen-bond acceptors (Lipinski definition) is 6. The molecular weight excluding hydrogens is 374 g/mol. The van der Waals surface area contributed by atoms with Crippen molar-refractivity contribution in [2.75, 3.05) is 5.32 Å². The van der Waals surface area contributed by atoms with Crippen molar-refractivity contribution in [1.82, 2.24) is 9.97 Å². The fraction of sp³-hybridized carbons (Fsp3) is 0.286. The number of nitrogens with zero attached hydrogens (tertiary/aromatic N) is 2. The molecule has 0 aliphatic rings. The van der Waals surface area contributed by atoms with Crippen molar-refractivity contribution in [2.45, 2.75) is 39.4 Å². The number of pyridine rings is 1. The van der Waals surface area contributed by atoms with Crippen LogP contribution in [-0.2, 0) is 6.42 Å². The minimum atomic E-state index is -0.286. The van der Waals surface area contributed by atoms with Gasteiger partial charge in [0.15, 0.2) is 5.13 Å². The Bertz CT molecular complexity index is 899. The second-order valence-electron chi connectivity index (χ2n) is 6.61. The van der Waals surface area contributed by atoms with Crippen molar-refractivity contribution in [3.05, 3.63) is 65.2 Å². The molecule has 3 rings (SSSR count). The van der Waals surface area contributed by atoms with Gasteiger partial charge in [0.1, 0.15) is 6.10 Å². The summed E-state index contributed by atoms with van der Waals surface area (Å²) < 4.78 is 11.7. The van der Waals surface area contributed by atoms with E-state index in [2.05, 4.69) is 27.4 Å². The smallest absolute Gasteiger partial charge is 0.257 e. The Labute approximate surface area is 168 Å². The lowest BCUT2D eigenvalue weighted by atomic mass is 10.1. The maximum Gasteiger partial charge on any atom is 0.257 e. The normalized spacial score (nSPS) is 11.9. The van der Waals surface area contributed by atoms with Gasteiger partial charge in [0.2, 0.25) is 11.8 Å². The molecule has 1 N–H and O–H groups in total. The molecule has 0 bridgehead atoms. The van der Waals surface area contributed by atoms with Crippen LogP contribution in [0.3, 0.4) is 0 Å². The van der Waals surface area contributed by atoms with E-state index in [4.69, 9.17) is 9.47 Å². The summed E-state index contributed by atoms with van der Waals surface area (Å²) in [7, 11) is 0. The maximum atomic E-state index is 12.6. The molecule has 0 saturated carbocycles. The topological polar surface area (TPSA) is 73.3 Å². The molecule has 0 spiro atoms. The predicted octanol–water partition coefficient (Wildman–Crippen LogP) is 4.59. The van der Waals surface area contributed by atoms with E-state index < -0.39 is 0 Å². The minimum Gasteiger partial charge on any atom is -0.475 e. The van der Waals surface area contributed by atoms with E-state index in [-0.39, 0.29) is 18.1 Å². The number of thiazole rings is 1. The van der Waals surface area contributed by atoms with Gasteiger partial charge in [0, 0.05) is 30.1 Å². The fourth-order valence-corrected chi connectivity index (χ4v) is 3.15. The molecule has 3 aromatic rings. The highest BCUT2D eigenvalue weighted by molar-refractivity contribution is 7.13. The fourth-order valence-electron chi connectivity index (χ4n) is 2.62. The first-order valence-corrected chi connectivity index (χ1v) is 9.97. The molecule has 1 aromatic carbocycles. The third-order valence-electron chi connectivity index (χ3n) is 3.74. The Balaban J connectivity index is 1.77. The number of nitrogens with one attached hydrogen (secondary N) is 1. The van der Waals surface area contributed by atoms with E-state index in [9.17, 15) is 4.79 Å². The summed E-state index contributed by atoms with van der Waals surface area (Å²) in [5.74, 6) is 0.418. The largest absolute Gasteiger partial charge is 0.475 e. The van der Waals surface area contributed by atoms with Crippen molar-refractivity contribution in [3.8, 4) is 11.8 Å². The van der Waals surface area contributed by atoms with Crippen molar-refractivity contribution in [1.29, 1.82) is 0 Å².